The van der Waals surface area contributed by atoms with E-state index < -0.39 is 29.2 Å². The lowest BCUT2D eigenvalue weighted by Crippen LogP contribution is -2.14. The molecule has 1 amide bonds. The van der Waals surface area contributed by atoms with Crippen molar-refractivity contribution in [3.63, 3.8) is 0 Å². The standard InChI is InChI=1S/C16H13F4NO/c1-9-3-4-11(7-10(9)2)15(22)21-14-8-12(16(18,19)20)5-6-13(14)17/h3-8H,1-2H3,(H,21,22). The van der Waals surface area contributed by atoms with Gasteiger partial charge in [-0.25, -0.2) is 4.39 Å². The fourth-order valence-electron chi connectivity index (χ4n) is 1.87. The van der Waals surface area contributed by atoms with E-state index in [-0.39, 0.29) is 5.56 Å². The lowest BCUT2D eigenvalue weighted by atomic mass is 10.1. The van der Waals surface area contributed by atoms with Gasteiger partial charge in [0.1, 0.15) is 5.82 Å². The molecule has 0 aliphatic carbocycles. The molecule has 0 spiro atoms. The van der Waals surface area contributed by atoms with Crippen LogP contribution in [0.3, 0.4) is 0 Å². The zero-order chi connectivity index (χ0) is 16.5. The molecule has 22 heavy (non-hydrogen) atoms. The molecule has 1 N–H and O–H groups in total. The molecule has 0 atom stereocenters. The van der Waals surface area contributed by atoms with E-state index in [4.69, 9.17) is 0 Å². The molecule has 2 nitrogen and oxygen atoms in total. The van der Waals surface area contributed by atoms with Gasteiger partial charge in [0.2, 0.25) is 0 Å². The maximum Gasteiger partial charge on any atom is 0.416 e. The maximum atomic E-state index is 13.6. The van der Waals surface area contributed by atoms with Gasteiger partial charge in [0.25, 0.3) is 5.91 Å². The number of benzene rings is 2. The predicted octanol–water partition coefficient (Wildman–Crippen LogP) is 4.71. The molecular formula is C16H13F4NO. The van der Waals surface area contributed by atoms with E-state index in [9.17, 15) is 22.4 Å². The largest absolute Gasteiger partial charge is 0.416 e. The maximum absolute atomic E-state index is 13.6. The molecule has 6 heteroatoms. The molecule has 0 aliphatic heterocycles. The van der Waals surface area contributed by atoms with Gasteiger partial charge >= 0.3 is 6.18 Å². The van der Waals surface area contributed by atoms with Gasteiger partial charge in [-0.05, 0) is 55.3 Å². The van der Waals surface area contributed by atoms with Crippen molar-refractivity contribution in [2.45, 2.75) is 20.0 Å². The van der Waals surface area contributed by atoms with Crippen LogP contribution in [0, 0.1) is 19.7 Å². The van der Waals surface area contributed by atoms with Crippen molar-refractivity contribution in [2.75, 3.05) is 5.32 Å². The first-order chi connectivity index (χ1) is 10.2. The van der Waals surface area contributed by atoms with Gasteiger partial charge in [0.05, 0.1) is 11.3 Å². The summed E-state index contributed by atoms with van der Waals surface area (Å²) < 4.78 is 51.5. The molecule has 0 saturated carbocycles. The van der Waals surface area contributed by atoms with E-state index in [1.807, 2.05) is 6.92 Å². The van der Waals surface area contributed by atoms with Crippen LogP contribution in [0.4, 0.5) is 23.2 Å². The summed E-state index contributed by atoms with van der Waals surface area (Å²) in [4.78, 5) is 12.0. The number of anilines is 1. The van der Waals surface area contributed by atoms with Crippen molar-refractivity contribution in [3.05, 3.63) is 64.5 Å². The fourth-order valence-corrected chi connectivity index (χ4v) is 1.87. The third-order valence-electron chi connectivity index (χ3n) is 3.31. The van der Waals surface area contributed by atoms with Crippen LogP contribution in [0.5, 0.6) is 0 Å². The van der Waals surface area contributed by atoms with Crippen LogP contribution in [0.25, 0.3) is 0 Å². The van der Waals surface area contributed by atoms with E-state index >= 15 is 0 Å². The van der Waals surface area contributed by atoms with Crippen molar-refractivity contribution in [1.29, 1.82) is 0 Å². The Morgan fingerprint density at radius 2 is 1.68 bits per heavy atom. The van der Waals surface area contributed by atoms with Gasteiger partial charge in [-0.2, -0.15) is 13.2 Å². The van der Waals surface area contributed by atoms with Crippen molar-refractivity contribution in [3.8, 4) is 0 Å². The minimum absolute atomic E-state index is 0.250. The van der Waals surface area contributed by atoms with Crippen molar-refractivity contribution < 1.29 is 22.4 Å². The Kier molecular flexibility index (Phi) is 4.21. The summed E-state index contributed by atoms with van der Waals surface area (Å²) in [6, 6.07) is 6.72. The summed E-state index contributed by atoms with van der Waals surface area (Å²) in [6.45, 7) is 3.67. The van der Waals surface area contributed by atoms with Crippen LogP contribution in [-0.2, 0) is 6.18 Å². The van der Waals surface area contributed by atoms with Crippen LogP contribution in [0.15, 0.2) is 36.4 Å². The number of amides is 1. The van der Waals surface area contributed by atoms with E-state index in [1.165, 1.54) is 6.07 Å². The van der Waals surface area contributed by atoms with E-state index in [2.05, 4.69) is 5.32 Å². The number of carbonyl (C=O) groups is 1. The molecule has 2 rings (SSSR count). The molecule has 0 aromatic heterocycles. The normalized spacial score (nSPS) is 11.4. The van der Waals surface area contributed by atoms with E-state index in [0.29, 0.717) is 18.2 Å². The van der Waals surface area contributed by atoms with Gasteiger partial charge in [0, 0.05) is 5.56 Å². The molecule has 0 bridgehead atoms. The molecule has 0 unspecified atom stereocenters. The second-order valence-corrected chi connectivity index (χ2v) is 4.95. The number of rotatable bonds is 2. The first kappa shape index (κ1) is 16.0. The first-order valence-corrected chi connectivity index (χ1v) is 6.44. The van der Waals surface area contributed by atoms with Gasteiger partial charge in [0.15, 0.2) is 0 Å². The molecule has 2 aromatic rings. The highest BCUT2D eigenvalue weighted by molar-refractivity contribution is 6.04. The summed E-state index contributed by atoms with van der Waals surface area (Å²) in [5, 5.41) is 2.17. The zero-order valence-corrected chi connectivity index (χ0v) is 11.9. The molecule has 0 aliphatic rings. The van der Waals surface area contributed by atoms with Crippen LogP contribution < -0.4 is 5.32 Å². The number of carbonyl (C=O) groups excluding carboxylic acids is 1. The van der Waals surface area contributed by atoms with Gasteiger partial charge < -0.3 is 5.32 Å². The quantitative estimate of drug-likeness (QED) is 0.799. The summed E-state index contributed by atoms with van der Waals surface area (Å²) in [7, 11) is 0. The molecule has 116 valence electrons. The number of hydrogen-bond acceptors (Lipinski definition) is 1. The third kappa shape index (κ3) is 3.44. The summed E-state index contributed by atoms with van der Waals surface area (Å²) in [5.41, 5.74) is 0.557. The van der Waals surface area contributed by atoms with Gasteiger partial charge in [-0.3, -0.25) is 4.79 Å². The fraction of sp³-hybridized carbons (Fsp3) is 0.188. The average molecular weight is 311 g/mol. The molecule has 2 aromatic carbocycles. The van der Waals surface area contributed by atoms with Crippen LogP contribution >= 0.6 is 0 Å². The number of aryl methyl sites for hydroxylation is 2. The Labute approximate surface area is 124 Å². The summed E-state index contributed by atoms with van der Waals surface area (Å²) in [6.07, 6.45) is -4.60. The zero-order valence-electron chi connectivity index (χ0n) is 11.9. The Morgan fingerprint density at radius 3 is 2.27 bits per heavy atom. The van der Waals surface area contributed by atoms with Crippen molar-refractivity contribution in [2.24, 2.45) is 0 Å². The number of halogens is 4. The highest BCUT2D eigenvalue weighted by Gasteiger charge is 2.31. The van der Waals surface area contributed by atoms with E-state index in [1.54, 1.807) is 19.1 Å². The minimum Gasteiger partial charge on any atom is -0.319 e. The molecule has 0 radical (unpaired) electrons. The highest BCUT2D eigenvalue weighted by atomic mass is 19.4. The Balaban J connectivity index is 2.29. The smallest absolute Gasteiger partial charge is 0.319 e. The molecule has 0 saturated heterocycles. The van der Waals surface area contributed by atoms with Crippen LogP contribution in [0.1, 0.15) is 27.0 Å². The molecule has 0 fully saturated rings. The van der Waals surface area contributed by atoms with Gasteiger partial charge in [-0.1, -0.05) is 6.07 Å². The lowest BCUT2D eigenvalue weighted by Gasteiger charge is -2.11. The second kappa shape index (κ2) is 5.79. The predicted molar refractivity (Wildman–Crippen MR) is 75.3 cm³/mol. The van der Waals surface area contributed by atoms with Gasteiger partial charge in [-0.15, -0.1) is 0 Å². The third-order valence-corrected chi connectivity index (χ3v) is 3.31. The Bertz CT molecular complexity index is 723. The Hall–Kier alpha value is -2.37. The highest BCUT2D eigenvalue weighted by Crippen LogP contribution is 2.32. The monoisotopic (exact) mass is 311 g/mol. The Morgan fingerprint density at radius 1 is 1.00 bits per heavy atom. The number of hydrogen-bond donors (Lipinski definition) is 1. The first-order valence-electron chi connectivity index (χ1n) is 6.44. The summed E-state index contributed by atoms with van der Waals surface area (Å²) >= 11 is 0. The number of alkyl halides is 3. The van der Waals surface area contributed by atoms with Crippen molar-refractivity contribution >= 4 is 11.6 Å². The van der Waals surface area contributed by atoms with E-state index in [0.717, 1.165) is 11.1 Å². The lowest BCUT2D eigenvalue weighted by molar-refractivity contribution is -0.137. The second-order valence-electron chi connectivity index (χ2n) is 4.95. The molecular weight excluding hydrogens is 298 g/mol. The van der Waals surface area contributed by atoms with Crippen molar-refractivity contribution in [1.82, 2.24) is 0 Å². The van der Waals surface area contributed by atoms with Crippen LogP contribution in [-0.4, -0.2) is 5.91 Å². The summed E-state index contributed by atoms with van der Waals surface area (Å²) in [5.74, 6) is -1.59. The number of nitrogens with one attached hydrogen (secondary N) is 1. The topological polar surface area (TPSA) is 29.1 Å². The SMILES string of the molecule is Cc1ccc(C(=O)Nc2cc(C(F)(F)F)ccc2F)cc1C. The minimum atomic E-state index is -4.60. The average Bonchev–Trinajstić information content (AvgIpc) is 2.43. The van der Waals surface area contributed by atoms with Crippen LogP contribution in [0.2, 0.25) is 0 Å². The molecule has 0 heterocycles.